The van der Waals surface area contributed by atoms with Crippen molar-refractivity contribution in [3.8, 4) is 0 Å². The van der Waals surface area contributed by atoms with Crippen LogP contribution in [0.5, 0.6) is 0 Å². The minimum Gasteiger partial charge on any atom is -0.354 e. The molecule has 0 unspecified atom stereocenters. The summed E-state index contributed by atoms with van der Waals surface area (Å²) in [5.74, 6) is 0.978. The second kappa shape index (κ2) is 9.81. The second-order valence-electron chi connectivity index (χ2n) is 5.28. The number of carbonyl (C=O) groups is 1. The highest BCUT2D eigenvalue weighted by Crippen LogP contribution is 2.27. The van der Waals surface area contributed by atoms with Gasteiger partial charge in [0.05, 0.1) is 6.54 Å². The third-order valence-electron chi connectivity index (χ3n) is 3.61. The molecular formula is C13H27Cl2N3O. The van der Waals surface area contributed by atoms with Gasteiger partial charge in [0.2, 0.25) is 5.91 Å². The Hall–Kier alpha value is -0.0300. The summed E-state index contributed by atoms with van der Waals surface area (Å²) in [6.07, 6.45) is 5.35. The summed E-state index contributed by atoms with van der Waals surface area (Å²) >= 11 is 0. The van der Waals surface area contributed by atoms with Crippen LogP contribution in [0.2, 0.25) is 0 Å². The summed E-state index contributed by atoms with van der Waals surface area (Å²) in [6.45, 7) is 6.56. The van der Waals surface area contributed by atoms with Gasteiger partial charge in [-0.3, -0.25) is 9.69 Å². The Morgan fingerprint density at radius 2 is 1.89 bits per heavy atom. The quantitative estimate of drug-likeness (QED) is 0.677. The Morgan fingerprint density at radius 3 is 2.42 bits per heavy atom. The number of nitrogens with one attached hydrogen (secondary N) is 2. The molecule has 2 N–H and O–H groups in total. The van der Waals surface area contributed by atoms with Gasteiger partial charge in [0.15, 0.2) is 0 Å². The molecule has 2 rings (SSSR count). The lowest BCUT2D eigenvalue weighted by atomic mass is 10.4. The highest BCUT2D eigenvalue weighted by atomic mass is 35.5. The first kappa shape index (κ1) is 19.0. The van der Waals surface area contributed by atoms with Gasteiger partial charge in [0.1, 0.15) is 0 Å². The van der Waals surface area contributed by atoms with Gasteiger partial charge in [-0.1, -0.05) is 6.92 Å². The maximum Gasteiger partial charge on any atom is 0.234 e. The van der Waals surface area contributed by atoms with Crippen molar-refractivity contribution in [3.63, 3.8) is 0 Å². The molecule has 2 aliphatic rings. The molecular weight excluding hydrogens is 285 g/mol. The van der Waals surface area contributed by atoms with E-state index < -0.39 is 0 Å². The van der Waals surface area contributed by atoms with Crippen molar-refractivity contribution in [1.29, 1.82) is 0 Å². The molecule has 0 aromatic rings. The number of hydrogen-bond donors (Lipinski definition) is 2. The third kappa shape index (κ3) is 7.98. The molecule has 19 heavy (non-hydrogen) atoms. The van der Waals surface area contributed by atoms with Crippen LogP contribution in [0.3, 0.4) is 0 Å². The average Bonchev–Trinajstić information content (AvgIpc) is 3.15. The van der Waals surface area contributed by atoms with Gasteiger partial charge >= 0.3 is 0 Å². The Labute approximate surface area is 128 Å². The van der Waals surface area contributed by atoms with Crippen LogP contribution in [0.1, 0.15) is 32.6 Å². The molecule has 0 atom stereocenters. The van der Waals surface area contributed by atoms with E-state index in [1.165, 1.54) is 25.7 Å². The van der Waals surface area contributed by atoms with Crippen molar-refractivity contribution < 1.29 is 4.79 Å². The van der Waals surface area contributed by atoms with Crippen molar-refractivity contribution in [2.75, 3.05) is 32.7 Å². The number of hydrogen-bond acceptors (Lipinski definition) is 3. The van der Waals surface area contributed by atoms with Crippen LogP contribution in [0.4, 0.5) is 0 Å². The molecule has 0 bridgehead atoms. The molecule has 0 aromatic carbocycles. The van der Waals surface area contributed by atoms with E-state index in [2.05, 4.69) is 22.5 Å². The molecule has 0 radical (unpaired) electrons. The summed E-state index contributed by atoms with van der Waals surface area (Å²) in [6, 6.07) is 0.796. The van der Waals surface area contributed by atoms with Crippen molar-refractivity contribution in [2.24, 2.45) is 5.92 Å². The van der Waals surface area contributed by atoms with Crippen LogP contribution < -0.4 is 10.6 Å². The fourth-order valence-electron chi connectivity index (χ4n) is 2.15. The molecule has 0 aromatic heterocycles. The molecule has 2 saturated carbocycles. The summed E-state index contributed by atoms with van der Waals surface area (Å²) in [4.78, 5) is 14.0. The van der Waals surface area contributed by atoms with Gasteiger partial charge in [-0.2, -0.15) is 0 Å². The normalized spacial score (nSPS) is 17.6. The zero-order valence-electron chi connectivity index (χ0n) is 11.7. The number of halogens is 2. The maximum absolute atomic E-state index is 11.5. The van der Waals surface area contributed by atoms with Gasteiger partial charge in [-0.05, 0) is 44.7 Å². The van der Waals surface area contributed by atoms with Crippen molar-refractivity contribution in [1.82, 2.24) is 15.5 Å². The molecule has 4 nitrogen and oxygen atoms in total. The van der Waals surface area contributed by atoms with Gasteiger partial charge in [0.25, 0.3) is 0 Å². The SMILES string of the molecule is CCN(CCNC(=O)CNCC1CC1)C1CC1.Cl.Cl. The van der Waals surface area contributed by atoms with E-state index in [4.69, 9.17) is 0 Å². The number of carbonyl (C=O) groups excluding carboxylic acids is 1. The minimum absolute atomic E-state index is 0. The summed E-state index contributed by atoms with van der Waals surface area (Å²) in [5, 5.41) is 6.19. The number of nitrogens with zero attached hydrogens (tertiary/aromatic N) is 1. The molecule has 0 heterocycles. The predicted molar refractivity (Wildman–Crippen MR) is 83.4 cm³/mol. The van der Waals surface area contributed by atoms with Crippen molar-refractivity contribution in [2.45, 2.75) is 38.6 Å². The number of likely N-dealkylation sites (N-methyl/N-ethyl adjacent to an activating group) is 1. The van der Waals surface area contributed by atoms with Crippen LogP contribution in [-0.4, -0.2) is 49.6 Å². The van der Waals surface area contributed by atoms with E-state index in [0.717, 1.165) is 38.1 Å². The molecule has 0 aliphatic heterocycles. The smallest absolute Gasteiger partial charge is 0.234 e. The molecule has 0 saturated heterocycles. The van der Waals surface area contributed by atoms with E-state index in [1.54, 1.807) is 0 Å². The van der Waals surface area contributed by atoms with Crippen molar-refractivity contribution >= 4 is 30.7 Å². The highest BCUT2D eigenvalue weighted by molar-refractivity contribution is 5.85. The van der Waals surface area contributed by atoms with Crippen LogP contribution in [0, 0.1) is 5.92 Å². The molecule has 6 heteroatoms. The molecule has 2 fully saturated rings. The largest absolute Gasteiger partial charge is 0.354 e. The lowest BCUT2D eigenvalue weighted by molar-refractivity contribution is -0.120. The van der Waals surface area contributed by atoms with E-state index in [1.807, 2.05) is 0 Å². The Bertz CT molecular complexity index is 258. The van der Waals surface area contributed by atoms with Crippen LogP contribution in [0.25, 0.3) is 0 Å². The first-order chi connectivity index (χ1) is 8.29. The van der Waals surface area contributed by atoms with Crippen LogP contribution in [-0.2, 0) is 4.79 Å². The van der Waals surface area contributed by atoms with E-state index >= 15 is 0 Å². The lowest BCUT2D eigenvalue weighted by Gasteiger charge is -2.19. The first-order valence-electron chi connectivity index (χ1n) is 7.01. The van der Waals surface area contributed by atoms with Gasteiger partial charge < -0.3 is 10.6 Å². The molecule has 2 aliphatic carbocycles. The monoisotopic (exact) mass is 311 g/mol. The number of amides is 1. The summed E-state index contributed by atoms with van der Waals surface area (Å²) in [7, 11) is 0. The zero-order chi connectivity index (χ0) is 12.1. The fourth-order valence-corrected chi connectivity index (χ4v) is 2.15. The molecule has 1 amide bonds. The Kier molecular flexibility index (Phi) is 9.79. The summed E-state index contributed by atoms with van der Waals surface area (Å²) in [5.41, 5.74) is 0. The zero-order valence-corrected chi connectivity index (χ0v) is 13.3. The maximum atomic E-state index is 11.5. The van der Waals surface area contributed by atoms with Gasteiger partial charge in [-0.25, -0.2) is 0 Å². The Balaban J connectivity index is 0.00000162. The molecule has 114 valence electrons. The minimum atomic E-state index is 0. The van der Waals surface area contributed by atoms with Crippen LogP contribution >= 0.6 is 24.8 Å². The topological polar surface area (TPSA) is 44.4 Å². The average molecular weight is 312 g/mol. The van der Waals surface area contributed by atoms with E-state index in [0.29, 0.717) is 6.54 Å². The lowest BCUT2D eigenvalue weighted by Crippen LogP contribution is -2.40. The van der Waals surface area contributed by atoms with E-state index in [-0.39, 0.29) is 30.7 Å². The van der Waals surface area contributed by atoms with Gasteiger partial charge in [-0.15, -0.1) is 24.8 Å². The predicted octanol–water partition coefficient (Wildman–Crippen LogP) is 1.43. The second-order valence-corrected chi connectivity index (χ2v) is 5.28. The molecule has 0 spiro atoms. The number of rotatable bonds is 9. The van der Waals surface area contributed by atoms with Gasteiger partial charge in [0, 0.05) is 19.1 Å². The summed E-state index contributed by atoms with van der Waals surface area (Å²) < 4.78 is 0. The van der Waals surface area contributed by atoms with Crippen molar-refractivity contribution in [3.05, 3.63) is 0 Å². The Morgan fingerprint density at radius 1 is 1.21 bits per heavy atom. The third-order valence-corrected chi connectivity index (χ3v) is 3.61. The first-order valence-corrected chi connectivity index (χ1v) is 7.01. The highest BCUT2D eigenvalue weighted by Gasteiger charge is 2.27. The standard InChI is InChI=1S/C13H25N3O.2ClH/c1-2-16(12-5-6-12)8-7-15-13(17)10-14-9-11-3-4-11;;/h11-12,14H,2-10H2,1H3,(H,15,17);2*1H. The van der Waals surface area contributed by atoms with E-state index in [9.17, 15) is 4.79 Å². The fraction of sp³-hybridized carbons (Fsp3) is 0.923. The van der Waals surface area contributed by atoms with Crippen LogP contribution in [0.15, 0.2) is 0 Å².